The largest absolute Gasteiger partial charge is 0.385 e. The highest BCUT2D eigenvalue weighted by atomic mass is 32.1. The number of carbonyl (C=O) groups is 1. The summed E-state index contributed by atoms with van der Waals surface area (Å²) in [5.41, 5.74) is 0.976. The third kappa shape index (κ3) is 2.62. The van der Waals surface area contributed by atoms with Gasteiger partial charge < -0.3 is 5.11 Å². The molecule has 1 aromatic rings. The maximum atomic E-state index is 11.4. The van der Waals surface area contributed by atoms with Crippen LogP contribution in [0.2, 0.25) is 0 Å². The number of hydrogen-bond donors (Lipinski definition) is 1. The average Bonchev–Trinajstić information content (AvgIpc) is 2.44. The monoisotopic (exact) mass is 213 g/mol. The molecule has 0 radical (unpaired) electrons. The van der Waals surface area contributed by atoms with Crippen molar-refractivity contribution >= 4 is 17.1 Å². The summed E-state index contributed by atoms with van der Waals surface area (Å²) in [5, 5.41) is 10.1. The van der Waals surface area contributed by atoms with Crippen molar-refractivity contribution in [3.8, 4) is 0 Å². The van der Waals surface area contributed by atoms with Gasteiger partial charge in [-0.05, 0) is 20.3 Å². The number of aliphatic hydroxyl groups is 1. The Balaban J connectivity index is 2.65. The molecule has 1 heterocycles. The number of ketones is 1. The number of nitrogens with zero attached hydrogens (tertiary/aromatic N) is 1. The molecule has 0 spiro atoms. The Morgan fingerprint density at radius 2 is 2.21 bits per heavy atom. The average molecular weight is 213 g/mol. The smallest absolute Gasteiger partial charge is 0.168 e. The summed E-state index contributed by atoms with van der Waals surface area (Å²) in [4.78, 5) is 16.8. The van der Waals surface area contributed by atoms with Crippen molar-refractivity contribution < 1.29 is 9.90 Å². The fourth-order valence-electron chi connectivity index (χ4n) is 1.11. The Morgan fingerprint density at radius 1 is 1.57 bits per heavy atom. The third-order valence-electron chi connectivity index (χ3n) is 2.16. The van der Waals surface area contributed by atoms with Crippen molar-refractivity contribution in [3.63, 3.8) is 0 Å². The van der Waals surface area contributed by atoms with Gasteiger partial charge in [0.05, 0.1) is 12.1 Å². The Hall–Kier alpha value is -0.740. The van der Waals surface area contributed by atoms with Crippen molar-refractivity contribution in [2.24, 2.45) is 0 Å². The van der Waals surface area contributed by atoms with Crippen LogP contribution in [0.25, 0.3) is 0 Å². The van der Waals surface area contributed by atoms with Crippen LogP contribution in [0.15, 0.2) is 0 Å². The lowest BCUT2D eigenvalue weighted by atomic mass is 10.1. The van der Waals surface area contributed by atoms with E-state index >= 15 is 0 Å². The second kappa shape index (κ2) is 4.66. The number of aliphatic hydroxyl groups excluding tert-OH is 1. The molecule has 0 saturated carbocycles. The number of Topliss-reactive ketones (excluding diaryl/α,β-unsaturated/α-hetero) is 1. The molecule has 0 fully saturated rings. The van der Waals surface area contributed by atoms with E-state index in [4.69, 9.17) is 0 Å². The Kier molecular flexibility index (Phi) is 3.77. The van der Waals surface area contributed by atoms with E-state index in [2.05, 4.69) is 4.98 Å². The zero-order valence-electron chi connectivity index (χ0n) is 8.70. The molecule has 1 unspecified atom stereocenters. The van der Waals surface area contributed by atoms with Gasteiger partial charge in [0.15, 0.2) is 5.78 Å². The molecular weight excluding hydrogens is 198 g/mol. The van der Waals surface area contributed by atoms with Gasteiger partial charge in [0, 0.05) is 4.88 Å². The minimum Gasteiger partial charge on any atom is -0.385 e. The molecule has 3 nitrogen and oxygen atoms in total. The molecule has 78 valence electrons. The highest BCUT2D eigenvalue weighted by Gasteiger charge is 2.15. The van der Waals surface area contributed by atoms with E-state index in [0.717, 1.165) is 15.6 Å². The summed E-state index contributed by atoms with van der Waals surface area (Å²) in [6, 6.07) is 0. The van der Waals surface area contributed by atoms with Crippen LogP contribution < -0.4 is 0 Å². The fraction of sp³-hybridized carbons (Fsp3) is 0.600. The number of thiazole rings is 1. The molecule has 0 aliphatic rings. The van der Waals surface area contributed by atoms with Gasteiger partial charge in [-0.25, -0.2) is 4.98 Å². The number of aromatic nitrogens is 1. The molecule has 1 atom stereocenters. The number of aryl methyl sites for hydroxylation is 2. The SMILES string of the molecule is CCC(O)C(=O)Cc1nc(C)c(C)s1. The predicted molar refractivity (Wildman–Crippen MR) is 56.6 cm³/mol. The van der Waals surface area contributed by atoms with Gasteiger partial charge in [0.2, 0.25) is 0 Å². The highest BCUT2D eigenvalue weighted by molar-refractivity contribution is 7.11. The molecule has 1 rings (SSSR count). The maximum Gasteiger partial charge on any atom is 0.168 e. The van der Waals surface area contributed by atoms with Crippen LogP contribution in [0.1, 0.15) is 28.9 Å². The molecule has 1 N–H and O–H groups in total. The molecule has 4 heteroatoms. The van der Waals surface area contributed by atoms with E-state index in [1.165, 1.54) is 11.3 Å². The molecule has 0 amide bonds. The molecule has 0 aliphatic carbocycles. The Bertz CT molecular complexity index is 313. The van der Waals surface area contributed by atoms with Gasteiger partial charge in [-0.1, -0.05) is 6.92 Å². The Labute approximate surface area is 87.8 Å². The van der Waals surface area contributed by atoms with Crippen molar-refractivity contribution in [1.82, 2.24) is 4.98 Å². The van der Waals surface area contributed by atoms with E-state index < -0.39 is 6.10 Å². The summed E-state index contributed by atoms with van der Waals surface area (Å²) in [5.74, 6) is -0.138. The normalized spacial score (nSPS) is 12.9. The summed E-state index contributed by atoms with van der Waals surface area (Å²) >= 11 is 1.53. The molecule has 0 aliphatic heterocycles. The van der Waals surface area contributed by atoms with Crippen molar-refractivity contribution in [2.75, 3.05) is 0 Å². The number of hydrogen-bond acceptors (Lipinski definition) is 4. The second-order valence-corrected chi connectivity index (χ2v) is 4.60. The van der Waals surface area contributed by atoms with E-state index in [9.17, 15) is 9.90 Å². The summed E-state index contributed by atoms with van der Waals surface area (Å²) < 4.78 is 0. The molecule has 0 aromatic carbocycles. The van der Waals surface area contributed by atoms with Crippen LogP contribution in [0, 0.1) is 13.8 Å². The van der Waals surface area contributed by atoms with Gasteiger partial charge in [-0.15, -0.1) is 11.3 Å². The van der Waals surface area contributed by atoms with Gasteiger partial charge in [0.1, 0.15) is 11.1 Å². The van der Waals surface area contributed by atoms with E-state index in [1.807, 2.05) is 13.8 Å². The summed E-state index contributed by atoms with van der Waals surface area (Å²) in [6.07, 6.45) is -0.101. The fourth-order valence-corrected chi connectivity index (χ4v) is 2.05. The van der Waals surface area contributed by atoms with Crippen molar-refractivity contribution in [2.45, 2.75) is 39.7 Å². The van der Waals surface area contributed by atoms with Crippen molar-refractivity contribution in [1.29, 1.82) is 0 Å². The molecule has 0 bridgehead atoms. The van der Waals surface area contributed by atoms with Crippen molar-refractivity contribution in [3.05, 3.63) is 15.6 Å². The van der Waals surface area contributed by atoms with Crippen LogP contribution in [0.3, 0.4) is 0 Å². The molecule has 14 heavy (non-hydrogen) atoms. The zero-order chi connectivity index (χ0) is 10.7. The lowest BCUT2D eigenvalue weighted by Crippen LogP contribution is -2.21. The zero-order valence-corrected chi connectivity index (χ0v) is 9.52. The predicted octanol–water partition coefficient (Wildman–Crippen LogP) is 1.64. The highest BCUT2D eigenvalue weighted by Crippen LogP contribution is 2.17. The maximum absolute atomic E-state index is 11.4. The van der Waals surface area contributed by atoms with E-state index in [-0.39, 0.29) is 12.2 Å². The summed E-state index contributed by atoms with van der Waals surface area (Å²) in [6.45, 7) is 5.70. The minimum atomic E-state index is -0.834. The third-order valence-corrected chi connectivity index (χ3v) is 3.23. The first kappa shape index (κ1) is 11.3. The lowest BCUT2D eigenvalue weighted by Gasteiger charge is -2.03. The molecule has 0 saturated heterocycles. The van der Waals surface area contributed by atoms with Crippen LogP contribution in [-0.2, 0) is 11.2 Å². The topological polar surface area (TPSA) is 50.2 Å². The van der Waals surface area contributed by atoms with Gasteiger partial charge in [0.25, 0.3) is 0 Å². The first-order valence-electron chi connectivity index (χ1n) is 4.68. The minimum absolute atomic E-state index is 0.138. The van der Waals surface area contributed by atoms with E-state index in [1.54, 1.807) is 6.92 Å². The number of rotatable bonds is 4. The van der Waals surface area contributed by atoms with E-state index in [0.29, 0.717) is 6.42 Å². The summed E-state index contributed by atoms with van der Waals surface area (Å²) in [7, 11) is 0. The lowest BCUT2D eigenvalue weighted by molar-refractivity contribution is -0.126. The van der Waals surface area contributed by atoms with Gasteiger partial charge >= 0.3 is 0 Å². The van der Waals surface area contributed by atoms with Crippen LogP contribution >= 0.6 is 11.3 Å². The van der Waals surface area contributed by atoms with Crippen LogP contribution in [0.4, 0.5) is 0 Å². The molecular formula is C10H15NO2S. The number of carbonyl (C=O) groups excluding carboxylic acids is 1. The first-order valence-corrected chi connectivity index (χ1v) is 5.50. The quantitative estimate of drug-likeness (QED) is 0.827. The van der Waals surface area contributed by atoms with Crippen LogP contribution in [0.5, 0.6) is 0 Å². The van der Waals surface area contributed by atoms with Gasteiger partial charge in [-0.3, -0.25) is 4.79 Å². The first-order chi connectivity index (χ1) is 6.54. The Morgan fingerprint density at radius 3 is 2.64 bits per heavy atom. The second-order valence-electron chi connectivity index (χ2n) is 3.32. The molecule has 1 aromatic heterocycles. The van der Waals surface area contributed by atoms with Crippen LogP contribution in [-0.4, -0.2) is 22.0 Å². The van der Waals surface area contributed by atoms with Gasteiger partial charge in [-0.2, -0.15) is 0 Å². The standard InChI is InChI=1S/C10H15NO2S/c1-4-8(12)9(13)5-10-11-6(2)7(3)14-10/h8,12H,4-5H2,1-3H3.